The van der Waals surface area contributed by atoms with Gasteiger partial charge in [-0.25, -0.2) is 13.2 Å². The Bertz CT molecular complexity index is 937. The molecule has 0 heterocycles. The van der Waals surface area contributed by atoms with Crippen LogP contribution in [0.5, 0.6) is 0 Å². The normalized spacial score (nSPS) is 11.1. The van der Waals surface area contributed by atoms with E-state index in [9.17, 15) is 28.4 Å². The summed E-state index contributed by atoms with van der Waals surface area (Å²) in [5.74, 6) is -1.29. The van der Waals surface area contributed by atoms with E-state index in [1.54, 1.807) is 13.0 Å². The van der Waals surface area contributed by atoms with Crippen molar-refractivity contribution < 1.29 is 23.2 Å². The summed E-state index contributed by atoms with van der Waals surface area (Å²) in [5, 5.41) is 20.2. The maximum atomic E-state index is 12.5. The van der Waals surface area contributed by atoms with Gasteiger partial charge in [-0.15, -0.1) is 0 Å². The third-order valence-corrected chi connectivity index (χ3v) is 4.77. The summed E-state index contributed by atoms with van der Waals surface area (Å²) < 4.78 is 27.2. The van der Waals surface area contributed by atoms with E-state index in [4.69, 9.17) is 0 Å². The summed E-state index contributed by atoms with van der Waals surface area (Å²) in [6.45, 7) is 3.05. The molecule has 2 rings (SSSR count). The van der Waals surface area contributed by atoms with Gasteiger partial charge in [0.05, 0.1) is 21.1 Å². The minimum absolute atomic E-state index is 0.0757. The van der Waals surface area contributed by atoms with Crippen molar-refractivity contribution in [2.24, 2.45) is 0 Å². The summed E-state index contributed by atoms with van der Waals surface area (Å²) >= 11 is 0. The van der Waals surface area contributed by atoms with Crippen LogP contribution in [-0.4, -0.2) is 24.4 Å². The minimum atomic E-state index is -4.18. The van der Waals surface area contributed by atoms with E-state index < -0.39 is 20.9 Å². The Morgan fingerprint density at radius 2 is 1.83 bits per heavy atom. The van der Waals surface area contributed by atoms with Crippen molar-refractivity contribution in [3.05, 3.63) is 63.2 Å². The van der Waals surface area contributed by atoms with Crippen LogP contribution in [0.2, 0.25) is 0 Å². The molecule has 2 aromatic rings. The largest absolute Gasteiger partial charge is 0.478 e. The van der Waals surface area contributed by atoms with Crippen LogP contribution in [0.3, 0.4) is 0 Å². The predicted molar refractivity (Wildman–Crippen MR) is 86.8 cm³/mol. The zero-order chi connectivity index (χ0) is 18.1. The second kappa shape index (κ2) is 6.28. The number of aromatic carboxylic acids is 1. The van der Waals surface area contributed by atoms with Gasteiger partial charge in [0.25, 0.3) is 15.7 Å². The van der Waals surface area contributed by atoms with Crippen LogP contribution in [0.4, 0.5) is 11.4 Å². The molecule has 0 unspecified atom stereocenters. The van der Waals surface area contributed by atoms with Gasteiger partial charge in [-0.1, -0.05) is 18.2 Å². The number of sulfonamides is 1. The zero-order valence-electron chi connectivity index (χ0n) is 12.8. The molecule has 0 saturated carbocycles. The van der Waals surface area contributed by atoms with Crippen LogP contribution < -0.4 is 4.72 Å². The lowest BCUT2D eigenvalue weighted by Gasteiger charge is -2.13. The van der Waals surface area contributed by atoms with E-state index >= 15 is 0 Å². The number of carboxylic acid groups (broad SMARTS) is 1. The highest BCUT2D eigenvalue weighted by Crippen LogP contribution is 2.27. The summed E-state index contributed by atoms with van der Waals surface area (Å²) in [4.78, 5) is 21.2. The monoisotopic (exact) mass is 350 g/mol. The SMILES string of the molecule is Cc1ccc(S(=O)(=O)Nc2c(C)cccc2C(=O)O)cc1[N+](=O)[O-]. The molecule has 2 N–H and O–H groups in total. The van der Waals surface area contributed by atoms with Gasteiger partial charge in [0.1, 0.15) is 0 Å². The number of nitrogens with zero attached hydrogens (tertiary/aromatic N) is 1. The second-order valence-corrected chi connectivity index (χ2v) is 6.80. The molecule has 0 spiro atoms. The highest BCUT2D eigenvalue weighted by molar-refractivity contribution is 7.92. The molecule has 9 heteroatoms. The number of rotatable bonds is 5. The first-order chi connectivity index (χ1) is 11.1. The zero-order valence-corrected chi connectivity index (χ0v) is 13.6. The van der Waals surface area contributed by atoms with Gasteiger partial charge in [-0.05, 0) is 31.5 Å². The molecular weight excluding hydrogens is 336 g/mol. The molecule has 2 aromatic carbocycles. The van der Waals surface area contributed by atoms with E-state index in [1.165, 1.54) is 31.2 Å². The number of anilines is 1. The third kappa shape index (κ3) is 3.35. The molecule has 0 radical (unpaired) electrons. The molecule has 0 aliphatic carbocycles. The van der Waals surface area contributed by atoms with Crippen LogP contribution in [0.15, 0.2) is 41.3 Å². The summed E-state index contributed by atoms with van der Waals surface area (Å²) in [6.07, 6.45) is 0. The van der Waals surface area contributed by atoms with Crippen molar-refractivity contribution in [1.82, 2.24) is 0 Å². The molecule has 0 aromatic heterocycles. The number of nitro groups is 1. The van der Waals surface area contributed by atoms with Gasteiger partial charge in [0, 0.05) is 11.6 Å². The lowest BCUT2D eigenvalue weighted by atomic mass is 10.1. The number of hydrogen-bond donors (Lipinski definition) is 2. The molecule has 0 atom stereocenters. The average molecular weight is 350 g/mol. The van der Waals surface area contributed by atoms with Gasteiger partial charge in [0.15, 0.2) is 0 Å². The molecule has 8 nitrogen and oxygen atoms in total. The van der Waals surface area contributed by atoms with Gasteiger partial charge >= 0.3 is 5.97 Å². The second-order valence-electron chi connectivity index (χ2n) is 5.11. The fraction of sp³-hybridized carbons (Fsp3) is 0.133. The van der Waals surface area contributed by atoms with Crippen molar-refractivity contribution in [2.45, 2.75) is 18.7 Å². The molecule has 0 saturated heterocycles. The van der Waals surface area contributed by atoms with Gasteiger partial charge in [-0.2, -0.15) is 0 Å². The molecule has 0 aliphatic rings. The molecule has 0 fully saturated rings. The van der Waals surface area contributed by atoms with E-state index in [-0.39, 0.29) is 21.8 Å². The Morgan fingerprint density at radius 1 is 1.17 bits per heavy atom. The molecular formula is C15H14N2O6S. The Hall–Kier alpha value is -2.94. The maximum Gasteiger partial charge on any atom is 0.337 e. The number of nitrogens with one attached hydrogen (secondary N) is 1. The Kier molecular flexibility index (Phi) is 4.56. The maximum absolute atomic E-state index is 12.5. The van der Waals surface area contributed by atoms with E-state index in [0.29, 0.717) is 11.1 Å². The standard InChI is InChI=1S/C15H14N2O6S/c1-9-6-7-11(8-13(9)17(20)21)24(22,23)16-14-10(2)4-3-5-12(14)15(18)19/h3-8,16H,1-2H3,(H,18,19). The first-order valence-corrected chi connectivity index (χ1v) is 8.22. The Balaban J connectivity index is 2.53. The summed E-state index contributed by atoms with van der Waals surface area (Å²) in [6, 6.07) is 7.81. The predicted octanol–water partition coefficient (Wildman–Crippen LogP) is 2.71. The van der Waals surface area contributed by atoms with Gasteiger partial charge in [0.2, 0.25) is 0 Å². The number of nitro benzene ring substituents is 1. The first kappa shape index (κ1) is 17.4. The number of carboxylic acids is 1. The van der Waals surface area contributed by atoms with Crippen LogP contribution in [0.25, 0.3) is 0 Å². The number of aryl methyl sites for hydroxylation is 2. The van der Waals surface area contributed by atoms with Crippen LogP contribution in [-0.2, 0) is 10.0 Å². The number of benzene rings is 2. The van der Waals surface area contributed by atoms with Crippen LogP contribution in [0.1, 0.15) is 21.5 Å². The van der Waals surface area contributed by atoms with Crippen LogP contribution in [0, 0.1) is 24.0 Å². The lowest BCUT2D eigenvalue weighted by molar-refractivity contribution is -0.385. The Labute approximate surface area is 138 Å². The smallest absolute Gasteiger partial charge is 0.337 e. The topological polar surface area (TPSA) is 127 Å². The third-order valence-electron chi connectivity index (χ3n) is 3.43. The lowest BCUT2D eigenvalue weighted by Crippen LogP contribution is -2.17. The van der Waals surface area contributed by atoms with Crippen molar-refractivity contribution >= 4 is 27.4 Å². The summed E-state index contributed by atoms with van der Waals surface area (Å²) in [7, 11) is -4.18. The highest BCUT2D eigenvalue weighted by atomic mass is 32.2. The van der Waals surface area contributed by atoms with Crippen LogP contribution >= 0.6 is 0 Å². The van der Waals surface area contributed by atoms with Crippen molar-refractivity contribution in [3.8, 4) is 0 Å². The number of carbonyl (C=O) groups is 1. The highest BCUT2D eigenvalue weighted by Gasteiger charge is 2.23. The summed E-state index contributed by atoms with van der Waals surface area (Å²) in [5.41, 5.74) is 0.121. The van der Waals surface area contributed by atoms with Crippen molar-refractivity contribution in [3.63, 3.8) is 0 Å². The number of hydrogen-bond acceptors (Lipinski definition) is 5. The molecule has 0 aliphatic heterocycles. The van der Waals surface area contributed by atoms with E-state index in [1.807, 2.05) is 0 Å². The molecule has 0 amide bonds. The van der Waals surface area contributed by atoms with E-state index in [2.05, 4.69) is 4.72 Å². The van der Waals surface area contributed by atoms with Gasteiger partial charge < -0.3 is 5.11 Å². The average Bonchev–Trinajstić information content (AvgIpc) is 2.48. The molecule has 126 valence electrons. The van der Waals surface area contributed by atoms with E-state index in [0.717, 1.165) is 6.07 Å². The quantitative estimate of drug-likeness (QED) is 0.630. The van der Waals surface area contributed by atoms with Crippen molar-refractivity contribution in [2.75, 3.05) is 4.72 Å². The fourth-order valence-corrected chi connectivity index (χ4v) is 3.30. The van der Waals surface area contributed by atoms with Gasteiger partial charge in [-0.3, -0.25) is 14.8 Å². The first-order valence-electron chi connectivity index (χ1n) is 6.74. The van der Waals surface area contributed by atoms with Crippen molar-refractivity contribution in [1.29, 1.82) is 0 Å². The minimum Gasteiger partial charge on any atom is -0.478 e. The number of para-hydroxylation sites is 1. The fourth-order valence-electron chi connectivity index (χ4n) is 2.13. The molecule has 24 heavy (non-hydrogen) atoms. The molecule has 0 bridgehead atoms. The Morgan fingerprint density at radius 3 is 2.42 bits per heavy atom.